The summed E-state index contributed by atoms with van der Waals surface area (Å²) < 4.78 is 5.39. The molecule has 0 aliphatic carbocycles. The van der Waals surface area contributed by atoms with Gasteiger partial charge < -0.3 is 20.3 Å². The molecular weight excluding hydrogens is 442 g/mol. The molecule has 2 aliphatic heterocycles. The molecule has 35 heavy (non-hydrogen) atoms. The Labute approximate surface area is 204 Å². The third-order valence-electron chi connectivity index (χ3n) is 6.54. The molecule has 0 saturated carbocycles. The number of likely N-dealkylation sites (tertiary alicyclic amines) is 1. The van der Waals surface area contributed by atoms with Crippen LogP contribution in [0.5, 0.6) is 0 Å². The highest BCUT2D eigenvalue weighted by Gasteiger charge is 2.47. The highest BCUT2D eigenvalue weighted by Crippen LogP contribution is 2.51. The van der Waals surface area contributed by atoms with Gasteiger partial charge in [0, 0.05) is 36.1 Å². The number of pyridine rings is 2. The standard InChI is InChI=1S/C27H27N5O3/c1-2-15-35-27(34)32-14-11-20-24(23-8-4-6-13-29-23)31-22-10-9-18(16-21(22)25(20)32)26(33)30-17-19-7-3-5-12-28-19/h2-10,12-13,16,20,24-25,31H,1,11,14-15,17H2,(H,30,33). The first kappa shape index (κ1) is 22.6. The van der Waals surface area contributed by atoms with Crippen LogP contribution in [0.2, 0.25) is 0 Å². The number of rotatable bonds is 6. The predicted molar refractivity (Wildman–Crippen MR) is 132 cm³/mol. The van der Waals surface area contributed by atoms with Crippen LogP contribution >= 0.6 is 0 Å². The zero-order chi connectivity index (χ0) is 24.2. The molecule has 4 heterocycles. The van der Waals surface area contributed by atoms with Gasteiger partial charge in [0.05, 0.1) is 30.0 Å². The molecular formula is C27H27N5O3. The van der Waals surface area contributed by atoms with Gasteiger partial charge in [0.15, 0.2) is 0 Å². The summed E-state index contributed by atoms with van der Waals surface area (Å²) in [6.07, 6.45) is 5.45. The van der Waals surface area contributed by atoms with Crippen molar-refractivity contribution >= 4 is 17.7 Å². The molecule has 178 valence electrons. The lowest BCUT2D eigenvalue weighted by atomic mass is 9.81. The van der Waals surface area contributed by atoms with Crippen LogP contribution in [0.1, 0.15) is 45.8 Å². The third kappa shape index (κ3) is 4.59. The van der Waals surface area contributed by atoms with E-state index in [1.165, 1.54) is 0 Å². The van der Waals surface area contributed by atoms with Crippen molar-refractivity contribution in [2.24, 2.45) is 5.92 Å². The number of benzene rings is 1. The minimum atomic E-state index is -0.380. The number of fused-ring (bicyclic) bond motifs is 3. The summed E-state index contributed by atoms with van der Waals surface area (Å²) in [5.74, 6) is -0.110. The molecule has 3 aromatic rings. The average Bonchev–Trinajstić information content (AvgIpc) is 3.36. The van der Waals surface area contributed by atoms with E-state index in [1.54, 1.807) is 29.4 Å². The van der Waals surface area contributed by atoms with Crippen LogP contribution in [0, 0.1) is 5.92 Å². The number of hydrogen-bond acceptors (Lipinski definition) is 6. The van der Waals surface area contributed by atoms with E-state index >= 15 is 0 Å². The minimum absolute atomic E-state index is 0.0604. The van der Waals surface area contributed by atoms with E-state index in [2.05, 4.69) is 27.2 Å². The normalized spacial score (nSPS) is 20.2. The topological polar surface area (TPSA) is 96.5 Å². The number of nitrogens with one attached hydrogen (secondary N) is 2. The Morgan fingerprint density at radius 1 is 1.14 bits per heavy atom. The summed E-state index contributed by atoms with van der Waals surface area (Å²) in [5.41, 5.74) is 4.02. The quantitative estimate of drug-likeness (QED) is 0.524. The van der Waals surface area contributed by atoms with Crippen molar-refractivity contribution in [1.82, 2.24) is 20.2 Å². The summed E-state index contributed by atoms with van der Waals surface area (Å²) in [6, 6.07) is 16.7. The first-order valence-corrected chi connectivity index (χ1v) is 11.7. The van der Waals surface area contributed by atoms with Crippen molar-refractivity contribution in [2.75, 3.05) is 18.5 Å². The Morgan fingerprint density at radius 3 is 2.71 bits per heavy atom. The van der Waals surface area contributed by atoms with Gasteiger partial charge in [0.1, 0.15) is 6.61 Å². The molecule has 5 rings (SSSR count). The van der Waals surface area contributed by atoms with Crippen molar-refractivity contribution in [3.05, 3.63) is 102 Å². The predicted octanol–water partition coefficient (Wildman–Crippen LogP) is 4.26. The van der Waals surface area contributed by atoms with Crippen LogP contribution in [0.4, 0.5) is 10.5 Å². The fourth-order valence-electron chi connectivity index (χ4n) is 4.97. The van der Waals surface area contributed by atoms with Crippen molar-refractivity contribution in [1.29, 1.82) is 0 Å². The van der Waals surface area contributed by atoms with Crippen LogP contribution < -0.4 is 10.6 Å². The van der Waals surface area contributed by atoms with Gasteiger partial charge in [-0.25, -0.2) is 4.79 Å². The molecule has 2 amide bonds. The van der Waals surface area contributed by atoms with Crippen molar-refractivity contribution in [3.8, 4) is 0 Å². The van der Waals surface area contributed by atoms with Gasteiger partial charge >= 0.3 is 6.09 Å². The first-order valence-electron chi connectivity index (χ1n) is 11.7. The number of carbonyl (C=O) groups is 2. The molecule has 2 aliphatic rings. The number of hydrogen-bond donors (Lipinski definition) is 2. The molecule has 8 nitrogen and oxygen atoms in total. The fourth-order valence-corrected chi connectivity index (χ4v) is 4.97. The second-order valence-electron chi connectivity index (χ2n) is 8.64. The molecule has 0 radical (unpaired) electrons. The van der Waals surface area contributed by atoms with Crippen LogP contribution in [-0.4, -0.2) is 40.0 Å². The minimum Gasteiger partial charge on any atom is -0.445 e. The number of ether oxygens (including phenoxy) is 1. The molecule has 0 bridgehead atoms. The highest BCUT2D eigenvalue weighted by molar-refractivity contribution is 5.95. The van der Waals surface area contributed by atoms with Gasteiger partial charge in [0.25, 0.3) is 5.91 Å². The zero-order valence-electron chi connectivity index (χ0n) is 19.3. The number of anilines is 1. The van der Waals surface area contributed by atoms with Gasteiger partial charge in [-0.15, -0.1) is 0 Å². The van der Waals surface area contributed by atoms with Crippen molar-refractivity contribution in [2.45, 2.75) is 25.0 Å². The van der Waals surface area contributed by atoms with Crippen LogP contribution in [-0.2, 0) is 11.3 Å². The van der Waals surface area contributed by atoms with Gasteiger partial charge in [0.2, 0.25) is 0 Å². The van der Waals surface area contributed by atoms with E-state index in [-0.39, 0.29) is 36.6 Å². The highest BCUT2D eigenvalue weighted by atomic mass is 16.6. The van der Waals surface area contributed by atoms with Gasteiger partial charge in [-0.1, -0.05) is 24.8 Å². The molecule has 1 aromatic carbocycles. The third-order valence-corrected chi connectivity index (χ3v) is 6.54. The monoisotopic (exact) mass is 469 g/mol. The maximum Gasteiger partial charge on any atom is 0.410 e. The molecule has 2 aromatic heterocycles. The average molecular weight is 470 g/mol. The first-order chi connectivity index (χ1) is 17.2. The fraction of sp³-hybridized carbons (Fsp3) is 0.259. The van der Waals surface area contributed by atoms with E-state index in [4.69, 9.17) is 4.74 Å². The van der Waals surface area contributed by atoms with E-state index in [1.807, 2.05) is 48.5 Å². The van der Waals surface area contributed by atoms with Crippen molar-refractivity contribution < 1.29 is 14.3 Å². The summed E-state index contributed by atoms with van der Waals surface area (Å²) in [7, 11) is 0. The van der Waals surface area contributed by atoms with Crippen LogP contribution in [0.25, 0.3) is 0 Å². The number of nitrogens with zero attached hydrogens (tertiary/aromatic N) is 3. The lowest BCUT2D eigenvalue weighted by molar-refractivity contribution is 0.0950. The molecule has 3 unspecified atom stereocenters. The summed E-state index contributed by atoms with van der Waals surface area (Å²) in [6.45, 7) is 4.68. The van der Waals surface area contributed by atoms with E-state index < -0.39 is 0 Å². The molecule has 2 N–H and O–H groups in total. The van der Waals surface area contributed by atoms with Gasteiger partial charge in [-0.05, 0) is 54.4 Å². The Bertz CT molecular complexity index is 1220. The maximum absolute atomic E-state index is 13.0. The second-order valence-corrected chi connectivity index (χ2v) is 8.64. The summed E-state index contributed by atoms with van der Waals surface area (Å²) >= 11 is 0. The zero-order valence-corrected chi connectivity index (χ0v) is 19.3. The largest absolute Gasteiger partial charge is 0.445 e. The number of amides is 2. The smallest absolute Gasteiger partial charge is 0.410 e. The Balaban J connectivity index is 1.45. The number of aromatic nitrogens is 2. The SMILES string of the molecule is C=CCOC(=O)N1CCC2C(c3ccccn3)Nc3ccc(C(=O)NCc4ccccn4)cc3C21. The van der Waals surface area contributed by atoms with E-state index in [0.29, 0.717) is 18.7 Å². The molecule has 0 spiro atoms. The Morgan fingerprint density at radius 2 is 1.97 bits per heavy atom. The van der Waals surface area contributed by atoms with E-state index in [9.17, 15) is 9.59 Å². The molecule has 8 heteroatoms. The Kier molecular flexibility index (Phi) is 6.43. The van der Waals surface area contributed by atoms with Crippen LogP contribution in [0.3, 0.4) is 0 Å². The second kappa shape index (κ2) is 9.97. The van der Waals surface area contributed by atoms with Crippen LogP contribution in [0.15, 0.2) is 79.6 Å². The lowest BCUT2D eigenvalue weighted by Crippen LogP contribution is -2.38. The molecule has 3 atom stereocenters. The molecule has 1 saturated heterocycles. The Hall–Kier alpha value is -4.20. The van der Waals surface area contributed by atoms with Gasteiger partial charge in [-0.2, -0.15) is 0 Å². The maximum atomic E-state index is 13.0. The molecule has 1 fully saturated rings. The lowest BCUT2D eigenvalue weighted by Gasteiger charge is -2.39. The number of carbonyl (C=O) groups excluding carboxylic acids is 2. The summed E-state index contributed by atoms with van der Waals surface area (Å²) in [4.78, 5) is 36.5. The van der Waals surface area contributed by atoms with Crippen molar-refractivity contribution in [3.63, 3.8) is 0 Å². The van der Waals surface area contributed by atoms with Gasteiger partial charge in [-0.3, -0.25) is 14.8 Å². The summed E-state index contributed by atoms with van der Waals surface area (Å²) in [5, 5.41) is 6.54. The van der Waals surface area contributed by atoms with E-state index in [0.717, 1.165) is 29.1 Å².